The van der Waals surface area contributed by atoms with Crippen LogP contribution in [0, 0.1) is 0 Å². The summed E-state index contributed by atoms with van der Waals surface area (Å²) in [7, 11) is 0. The molecular weight excluding hydrogens is 232 g/mol. The number of hydrazine groups is 1. The Morgan fingerprint density at radius 1 is 1.29 bits per heavy atom. The maximum absolute atomic E-state index is 5.72. The summed E-state index contributed by atoms with van der Waals surface area (Å²) < 4.78 is 5.72. The average Bonchev–Trinajstić information content (AvgIpc) is 3.00. The van der Waals surface area contributed by atoms with Crippen LogP contribution in [0.3, 0.4) is 0 Å². The highest BCUT2D eigenvalue weighted by atomic mass is 32.1. The Morgan fingerprint density at radius 2 is 2.24 bits per heavy atom. The molecule has 3 N–H and O–H groups in total. The van der Waals surface area contributed by atoms with Gasteiger partial charge in [0.15, 0.2) is 0 Å². The molecule has 0 saturated carbocycles. The molecule has 17 heavy (non-hydrogen) atoms. The predicted octanol–water partition coefficient (Wildman–Crippen LogP) is 2.24. The highest BCUT2D eigenvalue weighted by Gasteiger charge is 2.22. The maximum Gasteiger partial charge on any atom is 0.127 e. The summed E-state index contributed by atoms with van der Waals surface area (Å²) in [5.41, 5.74) is 5.29. The standard InChI is InChI=1S/C13H14N2OS/c14-15-12(11-5-2-8-17-11)10-4-1-3-9-6-7-16-13(9)10/h1-5,8,12,15H,6-7,14H2. The van der Waals surface area contributed by atoms with Crippen LogP contribution in [0.5, 0.6) is 5.75 Å². The molecule has 0 bridgehead atoms. The van der Waals surface area contributed by atoms with Gasteiger partial charge >= 0.3 is 0 Å². The molecule has 0 spiro atoms. The van der Waals surface area contributed by atoms with Crippen LogP contribution in [-0.2, 0) is 6.42 Å². The van der Waals surface area contributed by atoms with Gasteiger partial charge in [-0.2, -0.15) is 0 Å². The molecular formula is C13H14N2OS. The van der Waals surface area contributed by atoms with Gasteiger partial charge in [0.05, 0.1) is 12.6 Å². The van der Waals surface area contributed by atoms with Gasteiger partial charge in [-0.15, -0.1) is 11.3 Å². The van der Waals surface area contributed by atoms with Gasteiger partial charge < -0.3 is 4.74 Å². The molecule has 1 atom stereocenters. The van der Waals surface area contributed by atoms with Gasteiger partial charge in [-0.3, -0.25) is 5.84 Å². The smallest absolute Gasteiger partial charge is 0.127 e. The van der Waals surface area contributed by atoms with E-state index in [0.29, 0.717) is 0 Å². The largest absolute Gasteiger partial charge is 0.493 e. The number of fused-ring (bicyclic) bond motifs is 1. The van der Waals surface area contributed by atoms with Gasteiger partial charge in [0.25, 0.3) is 0 Å². The second-order valence-corrected chi connectivity index (χ2v) is 5.03. The molecule has 3 rings (SSSR count). The summed E-state index contributed by atoms with van der Waals surface area (Å²) in [5, 5.41) is 2.06. The zero-order valence-corrected chi connectivity index (χ0v) is 10.2. The summed E-state index contributed by atoms with van der Waals surface area (Å²) in [4.78, 5) is 1.21. The van der Waals surface area contributed by atoms with Gasteiger partial charge in [-0.25, -0.2) is 5.43 Å². The minimum atomic E-state index is 0.0167. The van der Waals surface area contributed by atoms with E-state index in [1.807, 2.05) is 6.07 Å². The molecule has 0 amide bonds. The molecule has 1 aliphatic rings. The molecule has 4 heteroatoms. The number of ether oxygens (including phenoxy) is 1. The first-order valence-electron chi connectivity index (χ1n) is 5.64. The van der Waals surface area contributed by atoms with E-state index < -0.39 is 0 Å². The van der Waals surface area contributed by atoms with Crippen LogP contribution in [0.25, 0.3) is 0 Å². The van der Waals surface area contributed by atoms with Crippen molar-refractivity contribution in [3.8, 4) is 5.75 Å². The fourth-order valence-electron chi connectivity index (χ4n) is 2.25. The fraction of sp³-hybridized carbons (Fsp3) is 0.231. The van der Waals surface area contributed by atoms with Crippen molar-refractivity contribution in [2.24, 2.45) is 5.84 Å². The number of thiophene rings is 1. The normalized spacial score (nSPS) is 15.4. The van der Waals surface area contributed by atoms with Crippen molar-refractivity contribution in [2.45, 2.75) is 12.5 Å². The van der Waals surface area contributed by atoms with Crippen molar-refractivity contribution in [1.82, 2.24) is 5.43 Å². The third-order valence-electron chi connectivity index (χ3n) is 3.05. The van der Waals surface area contributed by atoms with Crippen LogP contribution in [-0.4, -0.2) is 6.61 Å². The van der Waals surface area contributed by atoms with Gasteiger partial charge in [-0.05, 0) is 17.0 Å². The predicted molar refractivity (Wildman–Crippen MR) is 69.1 cm³/mol. The number of hydrogen-bond acceptors (Lipinski definition) is 4. The van der Waals surface area contributed by atoms with E-state index in [1.54, 1.807) is 11.3 Å². The van der Waals surface area contributed by atoms with Crippen LogP contribution in [0.4, 0.5) is 0 Å². The lowest BCUT2D eigenvalue weighted by Crippen LogP contribution is -2.28. The van der Waals surface area contributed by atoms with Crippen molar-refractivity contribution in [3.63, 3.8) is 0 Å². The van der Waals surface area contributed by atoms with Crippen molar-refractivity contribution in [1.29, 1.82) is 0 Å². The Balaban J connectivity index is 2.06. The molecule has 3 nitrogen and oxygen atoms in total. The SMILES string of the molecule is NNC(c1cccs1)c1cccc2c1OCC2. The van der Waals surface area contributed by atoms with Crippen LogP contribution < -0.4 is 16.0 Å². The van der Waals surface area contributed by atoms with E-state index >= 15 is 0 Å². The third kappa shape index (κ3) is 1.84. The lowest BCUT2D eigenvalue weighted by molar-refractivity contribution is 0.350. The van der Waals surface area contributed by atoms with Gasteiger partial charge in [0, 0.05) is 16.9 Å². The molecule has 1 aromatic carbocycles. The number of hydrogen-bond donors (Lipinski definition) is 2. The topological polar surface area (TPSA) is 47.3 Å². The minimum absolute atomic E-state index is 0.0167. The molecule has 88 valence electrons. The van der Waals surface area contributed by atoms with Gasteiger partial charge in [0.2, 0.25) is 0 Å². The summed E-state index contributed by atoms with van der Waals surface area (Å²) in [6, 6.07) is 10.4. The van der Waals surface area contributed by atoms with Gasteiger partial charge in [-0.1, -0.05) is 24.3 Å². The summed E-state index contributed by atoms with van der Waals surface area (Å²) in [6.07, 6.45) is 0.991. The monoisotopic (exact) mass is 246 g/mol. The van der Waals surface area contributed by atoms with E-state index in [9.17, 15) is 0 Å². The maximum atomic E-state index is 5.72. The van der Waals surface area contributed by atoms with E-state index in [2.05, 4.69) is 35.1 Å². The highest BCUT2D eigenvalue weighted by Crippen LogP contribution is 2.36. The zero-order valence-electron chi connectivity index (χ0n) is 9.35. The molecule has 0 radical (unpaired) electrons. The van der Waals surface area contributed by atoms with E-state index in [-0.39, 0.29) is 6.04 Å². The first kappa shape index (κ1) is 10.8. The zero-order chi connectivity index (χ0) is 11.7. The second kappa shape index (κ2) is 4.49. The summed E-state index contributed by atoms with van der Waals surface area (Å²) >= 11 is 1.70. The molecule has 1 unspecified atom stereocenters. The third-order valence-corrected chi connectivity index (χ3v) is 3.99. The van der Waals surface area contributed by atoms with Crippen LogP contribution in [0.15, 0.2) is 35.7 Å². The minimum Gasteiger partial charge on any atom is -0.493 e. The van der Waals surface area contributed by atoms with Crippen molar-refractivity contribution in [2.75, 3.05) is 6.61 Å². The first-order chi connectivity index (χ1) is 8.40. The molecule has 2 aromatic rings. The number of nitrogens with one attached hydrogen (secondary N) is 1. The number of rotatable bonds is 3. The Kier molecular flexibility index (Phi) is 2.84. The quantitative estimate of drug-likeness (QED) is 0.645. The van der Waals surface area contributed by atoms with Crippen molar-refractivity contribution in [3.05, 3.63) is 51.7 Å². The van der Waals surface area contributed by atoms with Crippen LogP contribution in [0.2, 0.25) is 0 Å². The highest BCUT2D eigenvalue weighted by molar-refractivity contribution is 7.10. The molecule has 1 aromatic heterocycles. The Hall–Kier alpha value is -1.36. The van der Waals surface area contributed by atoms with E-state index in [4.69, 9.17) is 10.6 Å². The van der Waals surface area contributed by atoms with Crippen LogP contribution in [0.1, 0.15) is 22.0 Å². The molecule has 0 saturated heterocycles. The fourth-order valence-corrected chi connectivity index (χ4v) is 3.05. The Labute approximate surface area is 104 Å². The number of para-hydroxylation sites is 1. The van der Waals surface area contributed by atoms with Crippen molar-refractivity contribution >= 4 is 11.3 Å². The molecule has 1 aliphatic heterocycles. The lowest BCUT2D eigenvalue weighted by atomic mass is 10.0. The number of benzene rings is 1. The summed E-state index contributed by atoms with van der Waals surface area (Å²) in [5.74, 6) is 6.69. The average molecular weight is 246 g/mol. The summed E-state index contributed by atoms with van der Waals surface area (Å²) in [6.45, 7) is 0.772. The van der Waals surface area contributed by atoms with Gasteiger partial charge in [0.1, 0.15) is 5.75 Å². The number of nitrogens with two attached hydrogens (primary N) is 1. The molecule has 0 fully saturated rings. The Bertz CT molecular complexity index is 510. The van der Waals surface area contributed by atoms with Crippen LogP contribution >= 0.6 is 11.3 Å². The van der Waals surface area contributed by atoms with E-state index in [0.717, 1.165) is 24.3 Å². The van der Waals surface area contributed by atoms with Crippen molar-refractivity contribution < 1.29 is 4.74 Å². The first-order valence-corrected chi connectivity index (χ1v) is 6.52. The lowest BCUT2D eigenvalue weighted by Gasteiger charge is -2.17. The molecule has 0 aliphatic carbocycles. The Morgan fingerprint density at radius 3 is 3.00 bits per heavy atom. The second-order valence-electron chi connectivity index (χ2n) is 4.05. The molecule has 2 heterocycles. The van der Waals surface area contributed by atoms with E-state index in [1.165, 1.54) is 10.4 Å².